The third-order valence-corrected chi connectivity index (χ3v) is 4.58. The van der Waals surface area contributed by atoms with Crippen LogP contribution in [0.4, 0.5) is 5.69 Å². The maximum Gasteiger partial charge on any atom is 0.240 e. The van der Waals surface area contributed by atoms with Crippen molar-refractivity contribution in [2.75, 3.05) is 11.9 Å². The average Bonchev–Trinajstić information content (AvgIpc) is 2.97. The molecule has 0 aliphatic rings. The fourth-order valence-electron chi connectivity index (χ4n) is 2.27. The molecule has 1 unspecified atom stereocenters. The summed E-state index contributed by atoms with van der Waals surface area (Å²) in [5, 5.41) is 0.619. The van der Waals surface area contributed by atoms with Crippen molar-refractivity contribution in [3.05, 3.63) is 60.9 Å². The second-order valence-corrected chi connectivity index (χ2v) is 6.34. The van der Waals surface area contributed by atoms with Crippen LogP contribution >= 0.6 is 11.8 Å². The minimum atomic E-state index is -0.212. The zero-order chi connectivity index (χ0) is 15.5. The molecular weight excluding hydrogens is 294 g/mol. The van der Waals surface area contributed by atoms with Gasteiger partial charge in [0.1, 0.15) is 0 Å². The number of carbonyl (C=O) groups excluding carboxylic acids is 1. The first-order chi connectivity index (χ1) is 10.7. The number of para-hydroxylation sites is 1. The summed E-state index contributed by atoms with van der Waals surface area (Å²) in [4.78, 5) is 18.7. The lowest BCUT2D eigenvalue weighted by atomic mass is 10.3. The number of thioether (sulfide) groups is 1. The average molecular weight is 311 g/mol. The Morgan fingerprint density at radius 2 is 1.91 bits per heavy atom. The first-order valence-corrected chi connectivity index (χ1v) is 7.96. The van der Waals surface area contributed by atoms with E-state index in [-0.39, 0.29) is 11.2 Å². The monoisotopic (exact) mass is 311 g/mol. The standard InChI is InChI=1S/C17H17N3OS/c1-13(16(21)19(2)14-8-4-3-5-9-14)22-17-18-12-15-10-6-7-11-20(15)17/h3-13H,1-2H3. The Morgan fingerprint density at radius 3 is 2.68 bits per heavy atom. The van der Waals surface area contributed by atoms with E-state index in [1.165, 1.54) is 11.8 Å². The minimum absolute atomic E-state index is 0.0591. The Balaban J connectivity index is 1.76. The maximum absolute atomic E-state index is 12.6. The van der Waals surface area contributed by atoms with Crippen molar-refractivity contribution in [1.29, 1.82) is 0 Å². The van der Waals surface area contributed by atoms with E-state index in [4.69, 9.17) is 0 Å². The smallest absolute Gasteiger partial charge is 0.240 e. The summed E-state index contributed by atoms with van der Waals surface area (Å²) in [5.41, 5.74) is 1.92. The van der Waals surface area contributed by atoms with Gasteiger partial charge >= 0.3 is 0 Å². The van der Waals surface area contributed by atoms with Crippen molar-refractivity contribution < 1.29 is 4.79 Å². The molecule has 1 atom stereocenters. The zero-order valence-electron chi connectivity index (χ0n) is 12.5. The van der Waals surface area contributed by atoms with Crippen LogP contribution in [0.2, 0.25) is 0 Å². The van der Waals surface area contributed by atoms with E-state index in [2.05, 4.69) is 4.98 Å². The topological polar surface area (TPSA) is 37.6 Å². The third kappa shape index (κ3) is 2.85. The van der Waals surface area contributed by atoms with Crippen molar-refractivity contribution in [3.63, 3.8) is 0 Å². The normalized spacial score (nSPS) is 12.3. The molecule has 0 aliphatic heterocycles. The van der Waals surface area contributed by atoms with Gasteiger partial charge in [-0.15, -0.1) is 0 Å². The van der Waals surface area contributed by atoms with Crippen LogP contribution < -0.4 is 4.90 Å². The molecule has 0 saturated heterocycles. The van der Waals surface area contributed by atoms with Crippen LogP contribution in [0, 0.1) is 0 Å². The van der Waals surface area contributed by atoms with Crippen LogP contribution in [0.25, 0.3) is 5.52 Å². The molecule has 112 valence electrons. The summed E-state index contributed by atoms with van der Waals surface area (Å²) in [7, 11) is 1.80. The van der Waals surface area contributed by atoms with E-state index in [0.29, 0.717) is 0 Å². The second-order valence-electron chi connectivity index (χ2n) is 5.03. The number of amides is 1. The molecule has 1 amide bonds. The summed E-state index contributed by atoms with van der Waals surface area (Å²) >= 11 is 1.47. The van der Waals surface area contributed by atoms with E-state index >= 15 is 0 Å². The Bertz CT molecular complexity index is 785. The van der Waals surface area contributed by atoms with Crippen molar-refractivity contribution in [3.8, 4) is 0 Å². The van der Waals surface area contributed by atoms with Gasteiger partial charge in [0.05, 0.1) is 17.0 Å². The van der Waals surface area contributed by atoms with Crippen molar-refractivity contribution in [2.24, 2.45) is 0 Å². The highest BCUT2D eigenvalue weighted by Gasteiger charge is 2.21. The van der Waals surface area contributed by atoms with Crippen LogP contribution in [0.15, 0.2) is 66.1 Å². The largest absolute Gasteiger partial charge is 0.315 e. The maximum atomic E-state index is 12.6. The number of imidazole rings is 1. The number of hydrogen-bond donors (Lipinski definition) is 0. The van der Waals surface area contributed by atoms with Gasteiger partial charge in [0, 0.05) is 18.9 Å². The molecule has 0 aliphatic carbocycles. The predicted octanol–water partition coefficient (Wildman–Crippen LogP) is 3.48. The first-order valence-electron chi connectivity index (χ1n) is 7.08. The van der Waals surface area contributed by atoms with E-state index in [0.717, 1.165) is 16.4 Å². The molecule has 0 spiro atoms. The number of nitrogens with zero attached hydrogens (tertiary/aromatic N) is 3. The summed E-state index contributed by atoms with van der Waals surface area (Å²) in [6, 6.07) is 15.6. The number of benzene rings is 1. The Hall–Kier alpha value is -2.27. The number of anilines is 1. The molecule has 0 fully saturated rings. The highest BCUT2D eigenvalue weighted by Crippen LogP contribution is 2.25. The third-order valence-electron chi connectivity index (χ3n) is 3.51. The van der Waals surface area contributed by atoms with Crippen LogP contribution in [-0.4, -0.2) is 27.6 Å². The van der Waals surface area contributed by atoms with E-state index in [9.17, 15) is 4.79 Å². The van der Waals surface area contributed by atoms with Crippen LogP contribution in [0.3, 0.4) is 0 Å². The number of carbonyl (C=O) groups is 1. The molecule has 3 rings (SSSR count). The van der Waals surface area contributed by atoms with Crippen LogP contribution in [0.5, 0.6) is 0 Å². The predicted molar refractivity (Wildman–Crippen MR) is 90.4 cm³/mol. The second kappa shape index (κ2) is 6.23. The lowest BCUT2D eigenvalue weighted by Crippen LogP contribution is -2.33. The fraction of sp³-hybridized carbons (Fsp3) is 0.176. The summed E-state index contributed by atoms with van der Waals surface area (Å²) in [5.74, 6) is 0.0591. The van der Waals surface area contributed by atoms with Gasteiger partial charge in [0.2, 0.25) is 5.91 Å². The molecule has 0 radical (unpaired) electrons. The van der Waals surface area contributed by atoms with Crippen molar-refractivity contribution in [1.82, 2.24) is 9.38 Å². The Labute approximate surface area is 133 Å². The summed E-state index contributed by atoms with van der Waals surface area (Å²) in [6.07, 6.45) is 3.78. The molecule has 22 heavy (non-hydrogen) atoms. The van der Waals surface area contributed by atoms with Gasteiger partial charge in [-0.3, -0.25) is 9.20 Å². The SMILES string of the molecule is CC(Sc1ncc2ccccn12)C(=O)N(C)c1ccccc1. The molecule has 4 nitrogen and oxygen atoms in total. The molecule has 2 aromatic heterocycles. The lowest BCUT2D eigenvalue weighted by molar-refractivity contribution is -0.117. The van der Waals surface area contributed by atoms with Crippen LogP contribution in [0.1, 0.15) is 6.92 Å². The number of fused-ring (bicyclic) bond motifs is 1. The van der Waals surface area contributed by atoms with Crippen LogP contribution in [-0.2, 0) is 4.79 Å². The van der Waals surface area contributed by atoms with E-state index in [1.807, 2.05) is 72.2 Å². The quantitative estimate of drug-likeness (QED) is 0.692. The molecule has 5 heteroatoms. The highest BCUT2D eigenvalue weighted by molar-refractivity contribution is 8.00. The number of pyridine rings is 1. The fourth-order valence-corrected chi connectivity index (χ4v) is 3.24. The molecule has 0 bridgehead atoms. The molecule has 3 aromatic rings. The number of aromatic nitrogens is 2. The zero-order valence-corrected chi connectivity index (χ0v) is 13.3. The molecule has 0 saturated carbocycles. The van der Waals surface area contributed by atoms with Gasteiger partial charge in [0.15, 0.2) is 5.16 Å². The Kier molecular flexibility index (Phi) is 4.15. The van der Waals surface area contributed by atoms with Gasteiger partial charge in [-0.2, -0.15) is 0 Å². The highest BCUT2D eigenvalue weighted by atomic mass is 32.2. The summed E-state index contributed by atoms with van der Waals surface area (Å²) < 4.78 is 2.00. The molecule has 0 N–H and O–H groups in total. The lowest BCUT2D eigenvalue weighted by Gasteiger charge is -2.20. The van der Waals surface area contributed by atoms with Crippen molar-refractivity contribution >= 4 is 28.9 Å². The summed E-state index contributed by atoms with van der Waals surface area (Å²) in [6.45, 7) is 1.91. The molecule has 1 aromatic carbocycles. The van der Waals surface area contributed by atoms with E-state index < -0.39 is 0 Å². The minimum Gasteiger partial charge on any atom is -0.315 e. The first kappa shape index (κ1) is 14.7. The Morgan fingerprint density at radius 1 is 1.18 bits per heavy atom. The van der Waals surface area contributed by atoms with Crippen molar-refractivity contribution in [2.45, 2.75) is 17.3 Å². The van der Waals surface area contributed by atoms with E-state index in [1.54, 1.807) is 11.9 Å². The van der Waals surface area contributed by atoms with Gasteiger partial charge < -0.3 is 4.90 Å². The van der Waals surface area contributed by atoms with Gasteiger partial charge in [-0.05, 0) is 31.2 Å². The number of hydrogen-bond acceptors (Lipinski definition) is 3. The van der Waals surface area contributed by atoms with Gasteiger partial charge in [-0.1, -0.05) is 36.0 Å². The molecular formula is C17H17N3OS. The van der Waals surface area contributed by atoms with Gasteiger partial charge in [0.25, 0.3) is 0 Å². The van der Waals surface area contributed by atoms with Gasteiger partial charge in [-0.25, -0.2) is 4.98 Å². The number of rotatable bonds is 4. The molecule has 2 heterocycles.